The van der Waals surface area contributed by atoms with Gasteiger partial charge in [0.25, 0.3) is 0 Å². The maximum Gasteiger partial charge on any atom is 0.500 e. The maximum atomic E-state index is 10.6. The Kier molecular flexibility index (Phi) is 11.5. The van der Waals surface area contributed by atoms with Gasteiger partial charge in [0.1, 0.15) is 0 Å². The van der Waals surface area contributed by atoms with E-state index in [9.17, 15) is 4.79 Å². The van der Waals surface area contributed by atoms with Crippen molar-refractivity contribution < 1.29 is 32.7 Å². The van der Waals surface area contributed by atoms with Crippen LogP contribution in [0.5, 0.6) is 11.5 Å². The first-order valence-corrected chi connectivity index (χ1v) is 11.6. The second-order valence-corrected chi connectivity index (χ2v) is 8.60. The fourth-order valence-electron chi connectivity index (χ4n) is 2.70. The molecule has 0 aromatic heterocycles. The summed E-state index contributed by atoms with van der Waals surface area (Å²) in [5.74, 6) is 0.192. The van der Waals surface area contributed by atoms with Crippen LogP contribution in [-0.4, -0.2) is 53.4 Å². The minimum atomic E-state index is -2.60. The standard InChI is InChI=1S/C20H32O7Si/c1-5-25-28(26-6-2,27-7-3)15-9-8-14-24-18-12-10-17(11-13-20(21)22)16-19(18)23-4/h10-13,16H,5-9,14-15H2,1-4H3,(H,21,22)/b13-11+. The largest absolute Gasteiger partial charge is 0.500 e. The Morgan fingerprint density at radius 2 is 1.68 bits per heavy atom. The molecule has 1 rings (SSSR count). The van der Waals surface area contributed by atoms with Gasteiger partial charge in [0.2, 0.25) is 0 Å². The molecule has 1 N–H and O–H groups in total. The zero-order valence-electron chi connectivity index (χ0n) is 17.2. The van der Waals surface area contributed by atoms with Gasteiger partial charge < -0.3 is 27.9 Å². The molecule has 0 unspecified atom stereocenters. The summed E-state index contributed by atoms with van der Waals surface area (Å²) in [6.07, 6.45) is 4.29. The van der Waals surface area contributed by atoms with Gasteiger partial charge in [-0.15, -0.1) is 0 Å². The van der Waals surface area contributed by atoms with Gasteiger partial charge in [0.05, 0.1) is 13.7 Å². The van der Waals surface area contributed by atoms with Crippen LogP contribution in [0, 0.1) is 0 Å². The number of hydrogen-bond donors (Lipinski definition) is 1. The number of rotatable bonds is 15. The summed E-state index contributed by atoms with van der Waals surface area (Å²) in [5.41, 5.74) is 0.729. The summed E-state index contributed by atoms with van der Waals surface area (Å²) in [6.45, 7) is 8.09. The number of carbonyl (C=O) groups is 1. The third-order valence-corrected chi connectivity index (χ3v) is 6.99. The molecule has 1 aromatic rings. The monoisotopic (exact) mass is 412 g/mol. The number of carboxylic acids is 1. The van der Waals surface area contributed by atoms with Crippen LogP contribution in [-0.2, 0) is 18.1 Å². The molecule has 0 aliphatic heterocycles. The van der Waals surface area contributed by atoms with Crippen molar-refractivity contribution in [3.8, 4) is 11.5 Å². The molecule has 0 fully saturated rings. The molecule has 158 valence electrons. The molecule has 8 heteroatoms. The van der Waals surface area contributed by atoms with Crippen LogP contribution in [0.25, 0.3) is 6.08 Å². The molecule has 28 heavy (non-hydrogen) atoms. The summed E-state index contributed by atoms with van der Waals surface area (Å²) >= 11 is 0. The molecule has 0 aliphatic carbocycles. The molecule has 0 heterocycles. The molecule has 0 spiro atoms. The van der Waals surface area contributed by atoms with Crippen LogP contribution < -0.4 is 9.47 Å². The zero-order chi connectivity index (χ0) is 20.8. The normalized spacial score (nSPS) is 11.7. The van der Waals surface area contributed by atoms with Crippen molar-refractivity contribution in [2.45, 2.75) is 39.7 Å². The number of ether oxygens (including phenoxy) is 2. The van der Waals surface area contributed by atoms with Crippen LogP contribution in [0.3, 0.4) is 0 Å². The Morgan fingerprint density at radius 1 is 1.04 bits per heavy atom. The highest BCUT2D eigenvalue weighted by Gasteiger charge is 2.39. The topological polar surface area (TPSA) is 83.5 Å². The lowest BCUT2D eigenvalue weighted by molar-refractivity contribution is -0.131. The molecular weight excluding hydrogens is 380 g/mol. The quantitative estimate of drug-likeness (QED) is 0.265. The molecule has 0 radical (unpaired) electrons. The second-order valence-electron chi connectivity index (χ2n) is 5.87. The van der Waals surface area contributed by atoms with Crippen LogP contribution in [0.1, 0.15) is 39.2 Å². The fraction of sp³-hybridized carbons (Fsp3) is 0.550. The van der Waals surface area contributed by atoms with Gasteiger partial charge in [-0.05, 0) is 57.4 Å². The fourth-order valence-corrected chi connectivity index (χ4v) is 5.39. The number of hydrogen-bond acceptors (Lipinski definition) is 6. The van der Waals surface area contributed by atoms with E-state index in [1.165, 1.54) is 6.08 Å². The third-order valence-electron chi connectivity index (χ3n) is 3.83. The molecule has 1 aromatic carbocycles. The predicted molar refractivity (Wildman–Crippen MR) is 110 cm³/mol. The lowest BCUT2D eigenvalue weighted by atomic mass is 10.2. The Hall–Kier alpha value is -1.87. The highest BCUT2D eigenvalue weighted by atomic mass is 28.4. The number of benzene rings is 1. The van der Waals surface area contributed by atoms with Crippen molar-refractivity contribution in [3.05, 3.63) is 29.8 Å². The van der Waals surface area contributed by atoms with E-state index in [2.05, 4.69) is 0 Å². The van der Waals surface area contributed by atoms with Crippen molar-refractivity contribution in [2.24, 2.45) is 0 Å². The Labute approximate surface area is 168 Å². The van der Waals surface area contributed by atoms with E-state index in [0.717, 1.165) is 30.5 Å². The van der Waals surface area contributed by atoms with Gasteiger partial charge in [0, 0.05) is 31.9 Å². The molecule has 0 amide bonds. The van der Waals surface area contributed by atoms with E-state index in [1.54, 1.807) is 25.3 Å². The van der Waals surface area contributed by atoms with Crippen molar-refractivity contribution in [1.82, 2.24) is 0 Å². The molecule has 7 nitrogen and oxygen atoms in total. The summed E-state index contributed by atoms with van der Waals surface area (Å²) in [4.78, 5) is 10.6. The van der Waals surface area contributed by atoms with E-state index in [0.29, 0.717) is 37.9 Å². The van der Waals surface area contributed by atoms with Crippen molar-refractivity contribution in [2.75, 3.05) is 33.5 Å². The van der Waals surface area contributed by atoms with Crippen molar-refractivity contribution >= 4 is 20.8 Å². The molecule has 0 aliphatic rings. The lowest BCUT2D eigenvalue weighted by Gasteiger charge is -2.28. The molecule has 0 saturated carbocycles. The SMILES string of the molecule is CCO[Si](CCCCOc1ccc(/C=C/C(=O)O)cc1OC)(OCC)OCC. The average molecular weight is 413 g/mol. The van der Waals surface area contributed by atoms with Crippen molar-refractivity contribution in [1.29, 1.82) is 0 Å². The highest BCUT2D eigenvalue weighted by molar-refractivity contribution is 6.60. The van der Waals surface area contributed by atoms with Crippen molar-refractivity contribution in [3.63, 3.8) is 0 Å². The van der Waals surface area contributed by atoms with E-state index in [-0.39, 0.29) is 0 Å². The van der Waals surface area contributed by atoms with Gasteiger partial charge in [-0.2, -0.15) is 0 Å². The second kappa shape index (κ2) is 13.3. The Balaban J connectivity index is 2.57. The van der Waals surface area contributed by atoms with Gasteiger partial charge in [-0.1, -0.05) is 6.07 Å². The minimum absolute atomic E-state index is 0.523. The van der Waals surface area contributed by atoms with Crippen LogP contribution in [0.4, 0.5) is 0 Å². The highest BCUT2D eigenvalue weighted by Crippen LogP contribution is 2.29. The van der Waals surface area contributed by atoms with E-state index in [4.69, 9.17) is 27.9 Å². The number of aliphatic carboxylic acids is 1. The Bertz CT molecular complexity index is 602. The third kappa shape index (κ3) is 8.43. The minimum Gasteiger partial charge on any atom is -0.493 e. The Morgan fingerprint density at radius 3 is 2.21 bits per heavy atom. The molecular formula is C20H32O7Si. The summed E-state index contributed by atoms with van der Waals surface area (Å²) in [5, 5.41) is 8.71. The molecule has 0 bridgehead atoms. The van der Waals surface area contributed by atoms with E-state index < -0.39 is 14.8 Å². The van der Waals surface area contributed by atoms with Gasteiger partial charge in [-0.3, -0.25) is 0 Å². The molecule has 0 saturated heterocycles. The number of carboxylic acid groups (broad SMARTS) is 1. The zero-order valence-corrected chi connectivity index (χ0v) is 18.2. The predicted octanol–water partition coefficient (Wildman–Crippen LogP) is 4.00. The number of methoxy groups -OCH3 is 1. The van der Waals surface area contributed by atoms with Crippen LogP contribution in [0.15, 0.2) is 24.3 Å². The van der Waals surface area contributed by atoms with Crippen LogP contribution >= 0.6 is 0 Å². The lowest BCUT2D eigenvalue weighted by Crippen LogP contribution is -2.45. The first-order valence-electron chi connectivity index (χ1n) is 9.63. The smallest absolute Gasteiger partial charge is 0.493 e. The molecule has 0 atom stereocenters. The van der Waals surface area contributed by atoms with Gasteiger partial charge in [-0.25, -0.2) is 4.79 Å². The maximum absolute atomic E-state index is 10.6. The summed E-state index contributed by atoms with van der Waals surface area (Å²) in [6, 6.07) is 6.06. The van der Waals surface area contributed by atoms with Crippen LogP contribution in [0.2, 0.25) is 6.04 Å². The average Bonchev–Trinajstić information content (AvgIpc) is 2.67. The summed E-state index contributed by atoms with van der Waals surface area (Å²) < 4.78 is 28.7. The summed E-state index contributed by atoms with van der Waals surface area (Å²) in [7, 11) is -1.05. The number of unbranched alkanes of at least 4 members (excludes halogenated alkanes) is 1. The first kappa shape index (κ1) is 24.2. The van der Waals surface area contributed by atoms with Gasteiger partial charge >= 0.3 is 14.8 Å². The van der Waals surface area contributed by atoms with E-state index in [1.807, 2.05) is 20.8 Å². The van der Waals surface area contributed by atoms with Gasteiger partial charge in [0.15, 0.2) is 11.5 Å². The van der Waals surface area contributed by atoms with E-state index >= 15 is 0 Å². The first-order chi connectivity index (χ1) is 13.5.